The summed E-state index contributed by atoms with van der Waals surface area (Å²) in [6, 6.07) is 14.3. The van der Waals surface area contributed by atoms with Crippen LogP contribution in [0.15, 0.2) is 47.5 Å². The summed E-state index contributed by atoms with van der Waals surface area (Å²) in [6.45, 7) is 6.84. The maximum Gasteiger partial charge on any atom is 0.189 e. The number of likely N-dealkylation sites (tertiary alicyclic amines) is 1. The second-order valence-electron chi connectivity index (χ2n) is 8.00. The number of hydrogen-bond acceptors (Lipinski definition) is 4. The fourth-order valence-electron chi connectivity index (χ4n) is 3.95. The van der Waals surface area contributed by atoms with Crippen molar-refractivity contribution in [1.82, 2.24) is 10.2 Å². The van der Waals surface area contributed by atoms with Crippen LogP contribution in [0, 0.1) is 5.92 Å². The van der Waals surface area contributed by atoms with Gasteiger partial charge in [0.1, 0.15) is 0 Å². The number of halogens is 1. The summed E-state index contributed by atoms with van der Waals surface area (Å²) in [5.74, 6) is 2.61. The third kappa shape index (κ3) is 7.57. The van der Waals surface area contributed by atoms with Gasteiger partial charge in [-0.3, -0.25) is 4.90 Å². The normalized spacial score (nSPS) is 17.0. The summed E-state index contributed by atoms with van der Waals surface area (Å²) in [5.41, 5.74) is 9.75. The first kappa shape index (κ1) is 25.3. The second kappa shape index (κ2) is 12.8. The topological polar surface area (TPSA) is 72.1 Å². The van der Waals surface area contributed by atoms with Crippen LogP contribution in [-0.2, 0) is 19.6 Å². The van der Waals surface area contributed by atoms with Gasteiger partial charge in [0.25, 0.3) is 0 Å². The van der Waals surface area contributed by atoms with Crippen molar-refractivity contribution in [3.63, 3.8) is 0 Å². The summed E-state index contributed by atoms with van der Waals surface area (Å²) in [5, 5.41) is 3.26. The maximum absolute atomic E-state index is 6.12. The van der Waals surface area contributed by atoms with E-state index in [4.69, 9.17) is 15.2 Å². The van der Waals surface area contributed by atoms with E-state index in [9.17, 15) is 0 Å². The first-order valence-corrected chi connectivity index (χ1v) is 10.6. The van der Waals surface area contributed by atoms with Gasteiger partial charge in [-0.2, -0.15) is 0 Å². The lowest BCUT2D eigenvalue weighted by atomic mass is 9.99. The zero-order chi connectivity index (χ0) is 21.3. The Balaban J connectivity index is 0.00000341. The molecule has 0 aromatic heterocycles. The molecule has 3 N–H and O–H groups in total. The molecule has 1 fully saturated rings. The van der Waals surface area contributed by atoms with Crippen LogP contribution in [0.25, 0.3) is 0 Å². The minimum Gasteiger partial charge on any atom is -0.493 e. The van der Waals surface area contributed by atoms with E-state index in [-0.39, 0.29) is 24.0 Å². The molecule has 0 aliphatic carbocycles. The van der Waals surface area contributed by atoms with Crippen molar-refractivity contribution in [2.45, 2.75) is 39.4 Å². The van der Waals surface area contributed by atoms with E-state index in [1.165, 1.54) is 37.1 Å². The number of nitrogens with zero attached hydrogens (tertiary/aromatic N) is 2. The minimum absolute atomic E-state index is 0. The molecule has 1 aliphatic rings. The van der Waals surface area contributed by atoms with Gasteiger partial charge in [-0.1, -0.05) is 37.3 Å². The van der Waals surface area contributed by atoms with Gasteiger partial charge in [0.15, 0.2) is 17.5 Å². The number of nitrogens with one attached hydrogen (secondary N) is 1. The van der Waals surface area contributed by atoms with E-state index in [1.54, 1.807) is 14.2 Å². The first-order valence-electron chi connectivity index (χ1n) is 10.6. The molecule has 1 unspecified atom stereocenters. The molecule has 0 amide bonds. The highest BCUT2D eigenvalue weighted by atomic mass is 127. The van der Waals surface area contributed by atoms with E-state index in [0.717, 1.165) is 18.0 Å². The van der Waals surface area contributed by atoms with Crippen LogP contribution in [-0.4, -0.2) is 38.2 Å². The molecule has 1 heterocycles. The van der Waals surface area contributed by atoms with Gasteiger partial charge in [-0.05, 0) is 54.1 Å². The molecule has 0 saturated carbocycles. The molecular formula is C24H35IN4O2. The van der Waals surface area contributed by atoms with Gasteiger partial charge in [-0.15, -0.1) is 24.0 Å². The van der Waals surface area contributed by atoms with E-state index < -0.39 is 0 Å². The molecule has 1 saturated heterocycles. The number of methoxy groups -OCH3 is 2. The largest absolute Gasteiger partial charge is 0.493 e. The number of nitrogens with two attached hydrogens (primary N) is 1. The molecule has 170 valence electrons. The fraction of sp³-hybridized carbons (Fsp3) is 0.458. The van der Waals surface area contributed by atoms with Gasteiger partial charge in [0.05, 0.1) is 20.8 Å². The average molecular weight is 538 g/mol. The zero-order valence-electron chi connectivity index (χ0n) is 18.8. The molecule has 1 atom stereocenters. The first-order chi connectivity index (χ1) is 14.6. The van der Waals surface area contributed by atoms with Crippen molar-refractivity contribution in [2.75, 3.05) is 27.3 Å². The van der Waals surface area contributed by atoms with Crippen molar-refractivity contribution in [2.24, 2.45) is 16.6 Å². The summed E-state index contributed by atoms with van der Waals surface area (Å²) >= 11 is 0. The Bertz CT molecular complexity index is 859. The number of ether oxygens (including phenoxy) is 2. The van der Waals surface area contributed by atoms with E-state index in [2.05, 4.69) is 46.4 Å². The van der Waals surface area contributed by atoms with Crippen LogP contribution in [0.2, 0.25) is 0 Å². The van der Waals surface area contributed by atoms with Crippen LogP contribution >= 0.6 is 24.0 Å². The molecule has 6 nitrogen and oxygen atoms in total. The smallest absolute Gasteiger partial charge is 0.189 e. The van der Waals surface area contributed by atoms with Crippen LogP contribution in [0.1, 0.15) is 36.5 Å². The molecule has 2 aromatic rings. The Hall–Kier alpha value is -2.00. The van der Waals surface area contributed by atoms with Gasteiger partial charge >= 0.3 is 0 Å². The molecule has 0 radical (unpaired) electrons. The molecular weight excluding hydrogens is 503 g/mol. The maximum atomic E-state index is 6.12. The molecule has 31 heavy (non-hydrogen) atoms. The average Bonchev–Trinajstić information content (AvgIpc) is 2.77. The summed E-state index contributed by atoms with van der Waals surface area (Å²) in [4.78, 5) is 7.03. The van der Waals surface area contributed by atoms with Gasteiger partial charge in [-0.25, -0.2) is 4.99 Å². The molecule has 7 heteroatoms. The number of piperidine rings is 1. The van der Waals surface area contributed by atoms with Crippen LogP contribution in [0.3, 0.4) is 0 Å². The number of guanidine groups is 1. The summed E-state index contributed by atoms with van der Waals surface area (Å²) in [7, 11) is 3.25. The molecule has 0 spiro atoms. The predicted molar refractivity (Wildman–Crippen MR) is 137 cm³/mol. The quantitative estimate of drug-likeness (QED) is 0.300. The molecule has 2 aromatic carbocycles. The minimum atomic E-state index is 0. The van der Waals surface area contributed by atoms with Crippen LogP contribution in [0.4, 0.5) is 0 Å². The predicted octanol–water partition coefficient (Wildman–Crippen LogP) is 4.16. The number of hydrogen-bond donors (Lipinski definition) is 2. The Morgan fingerprint density at radius 1 is 1.13 bits per heavy atom. The number of aliphatic imine (C=N–C) groups is 1. The lowest BCUT2D eigenvalue weighted by Gasteiger charge is -2.31. The van der Waals surface area contributed by atoms with Crippen LogP contribution in [0.5, 0.6) is 11.5 Å². The van der Waals surface area contributed by atoms with Crippen molar-refractivity contribution in [3.8, 4) is 11.5 Å². The molecule has 0 bridgehead atoms. The second-order valence-corrected chi connectivity index (χ2v) is 8.00. The van der Waals surface area contributed by atoms with Crippen molar-refractivity contribution < 1.29 is 9.47 Å². The Labute approximate surface area is 203 Å². The Morgan fingerprint density at radius 3 is 2.58 bits per heavy atom. The van der Waals surface area contributed by atoms with E-state index in [1.807, 2.05) is 18.2 Å². The van der Waals surface area contributed by atoms with Crippen molar-refractivity contribution >= 4 is 29.9 Å². The van der Waals surface area contributed by atoms with E-state index >= 15 is 0 Å². The molecule has 1 aliphatic heterocycles. The zero-order valence-corrected chi connectivity index (χ0v) is 21.1. The summed E-state index contributed by atoms with van der Waals surface area (Å²) < 4.78 is 10.6. The highest BCUT2D eigenvalue weighted by molar-refractivity contribution is 14.0. The number of rotatable bonds is 8. The van der Waals surface area contributed by atoms with Crippen LogP contribution < -0.4 is 20.5 Å². The fourth-order valence-corrected chi connectivity index (χ4v) is 3.95. The van der Waals surface area contributed by atoms with Gasteiger partial charge in [0, 0.05) is 19.6 Å². The third-order valence-electron chi connectivity index (χ3n) is 5.59. The Morgan fingerprint density at radius 2 is 1.87 bits per heavy atom. The highest BCUT2D eigenvalue weighted by Crippen LogP contribution is 2.27. The Kier molecular flexibility index (Phi) is 10.4. The SMILES string of the molecule is COc1ccc(CN=C(N)NCc2ccccc2CN2CCCC(C)C2)cc1OC.I. The van der Waals surface area contributed by atoms with Crippen molar-refractivity contribution in [3.05, 3.63) is 59.2 Å². The summed E-state index contributed by atoms with van der Waals surface area (Å²) in [6.07, 6.45) is 2.63. The standard InChI is InChI=1S/C24H34N4O2.HI/c1-18-7-6-12-28(16-18)17-21-9-5-4-8-20(21)15-27-24(25)26-14-19-10-11-22(29-2)23(13-19)30-3;/h4-5,8-11,13,18H,6-7,12,14-17H2,1-3H3,(H3,25,26,27);1H. The lowest BCUT2D eigenvalue weighted by molar-refractivity contribution is 0.176. The van der Waals surface area contributed by atoms with Gasteiger partial charge < -0.3 is 20.5 Å². The third-order valence-corrected chi connectivity index (χ3v) is 5.59. The molecule has 3 rings (SSSR count). The van der Waals surface area contributed by atoms with Crippen molar-refractivity contribution in [1.29, 1.82) is 0 Å². The highest BCUT2D eigenvalue weighted by Gasteiger charge is 2.17. The lowest BCUT2D eigenvalue weighted by Crippen LogP contribution is -2.35. The number of benzene rings is 2. The van der Waals surface area contributed by atoms with Gasteiger partial charge in [0.2, 0.25) is 0 Å². The monoisotopic (exact) mass is 538 g/mol. The van der Waals surface area contributed by atoms with E-state index in [0.29, 0.717) is 30.5 Å².